The molecule has 0 bridgehead atoms. The number of hydrogen-bond acceptors (Lipinski definition) is 6. The van der Waals surface area contributed by atoms with Crippen molar-refractivity contribution in [1.29, 1.82) is 0 Å². The van der Waals surface area contributed by atoms with Crippen LogP contribution in [-0.4, -0.2) is 43.0 Å². The number of piperidine rings is 1. The lowest BCUT2D eigenvalue weighted by molar-refractivity contribution is 0.418. The number of aryl methyl sites for hydroxylation is 1. The zero-order chi connectivity index (χ0) is 26.4. The van der Waals surface area contributed by atoms with Crippen LogP contribution in [0.25, 0.3) is 21.8 Å². The molecule has 0 spiro atoms. The van der Waals surface area contributed by atoms with Gasteiger partial charge in [0.15, 0.2) is 5.52 Å². The molecule has 38 heavy (non-hydrogen) atoms. The van der Waals surface area contributed by atoms with Crippen LogP contribution in [-0.2, 0) is 19.6 Å². The number of hydrogen-bond donors (Lipinski definition) is 1. The summed E-state index contributed by atoms with van der Waals surface area (Å²) in [6.07, 6.45) is 4.00. The van der Waals surface area contributed by atoms with E-state index in [0.29, 0.717) is 30.5 Å². The van der Waals surface area contributed by atoms with Crippen LogP contribution >= 0.6 is 0 Å². The van der Waals surface area contributed by atoms with Crippen molar-refractivity contribution >= 4 is 27.8 Å². The first-order chi connectivity index (χ1) is 18.4. The van der Waals surface area contributed by atoms with Crippen LogP contribution in [0.4, 0.5) is 5.95 Å². The van der Waals surface area contributed by atoms with Crippen molar-refractivity contribution in [3.8, 4) is 11.8 Å². The maximum Gasteiger partial charge on any atom is 0.293 e. The second-order valence-electron chi connectivity index (χ2n) is 10.6. The molecule has 0 radical (unpaired) electrons. The fourth-order valence-corrected chi connectivity index (χ4v) is 5.57. The van der Waals surface area contributed by atoms with Crippen molar-refractivity contribution in [3.63, 3.8) is 0 Å². The van der Waals surface area contributed by atoms with Gasteiger partial charge < -0.3 is 10.6 Å². The van der Waals surface area contributed by atoms with Gasteiger partial charge in [0.25, 0.3) is 11.1 Å². The number of anilines is 1. The largest absolute Gasteiger partial charge is 0.341 e. The summed E-state index contributed by atoms with van der Waals surface area (Å²) in [7, 11) is 0. The Bertz CT molecular complexity index is 1710. The maximum atomic E-state index is 14.3. The molecule has 9 nitrogen and oxygen atoms in total. The van der Waals surface area contributed by atoms with E-state index in [0.717, 1.165) is 54.4 Å². The second-order valence-corrected chi connectivity index (χ2v) is 10.6. The van der Waals surface area contributed by atoms with Crippen molar-refractivity contribution in [3.05, 3.63) is 62.4 Å². The fourth-order valence-electron chi connectivity index (χ4n) is 5.57. The van der Waals surface area contributed by atoms with E-state index in [4.69, 9.17) is 15.7 Å². The average Bonchev–Trinajstić information content (AvgIpc) is 3.65. The van der Waals surface area contributed by atoms with E-state index >= 15 is 0 Å². The number of fused-ring (bicyclic) bond motifs is 2. The number of aromatic nitrogens is 5. The lowest BCUT2D eigenvalue weighted by atomic mass is 10.1. The third-order valence-corrected chi connectivity index (χ3v) is 7.64. The molecule has 9 heteroatoms. The fraction of sp³-hybridized carbons (Fsp3) is 0.448. The number of nitrogens with zero attached hydrogens (tertiary/aromatic N) is 6. The number of pyridine rings is 1. The smallest absolute Gasteiger partial charge is 0.293 e. The van der Waals surface area contributed by atoms with Crippen LogP contribution in [0.3, 0.4) is 0 Å². The molecule has 1 atom stereocenters. The highest BCUT2D eigenvalue weighted by Crippen LogP contribution is 2.30. The Kier molecular flexibility index (Phi) is 6.28. The van der Waals surface area contributed by atoms with Gasteiger partial charge in [0, 0.05) is 36.8 Å². The van der Waals surface area contributed by atoms with Crippen LogP contribution in [0.1, 0.15) is 44.0 Å². The van der Waals surface area contributed by atoms with Crippen LogP contribution in [0, 0.1) is 24.7 Å². The third kappa shape index (κ3) is 4.39. The first-order valence-corrected chi connectivity index (χ1v) is 13.4. The molecule has 3 aromatic heterocycles. The topological polar surface area (TPSA) is 104 Å². The molecular weight excluding hydrogens is 478 g/mol. The molecule has 1 aliphatic heterocycles. The summed E-state index contributed by atoms with van der Waals surface area (Å²) in [4.78, 5) is 40.0. The van der Waals surface area contributed by atoms with Gasteiger partial charge in [-0.2, -0.15) is 0 Å². The van der Waals surface area contributed by atoms with E-state index in [2.05, 4.69) is 16.7 Å². The van der Waals surface area contributed by atoms with Crippen molar-refractivity contribution in [2.45, 2.75) is 65.2 Å². The van der Waals surface area contributed by atoms with Crippen LogP contribution < -0.4 is 21.8 Å². The molecule has 2 aliphatic rings. The predicted octanol–water partition coefficient (Wildman–Crippen LogP) is 2.63. The molecule has 1 aliphatic carbocycles. The van der Waals surface area contributed by atoms with Gasteiger partial charge >= 0.3 is 0 Å². The first kappa shape index (κ1) is 24.4. The number of imidazole rings is 1. The van der Waals surface area contributed by atoms with Gasteiger partial charge in [-0.25, -0.2) is 14.3 Å². The van der Waals surface area contributed by atoms with Crippen LogP contribution in [0.15, 0.2) is 39.9 Å². The summed E-state index contributed by atoms with van der Waals surface area (Å²) in [6, 6.07) is 10.1. The molecule has 2 fully saturated rings. The standard InChI is InChI=1S/C29H33N7O2/c1-3-4-14-34-26-25(32-29(34)33-13-7-9-22(30)17-33)27(37)35(16-20-11-12-20)36(28(26)38)18-24-23-10-6-5-8-21(23)15-19(2)31-24/h5-6,8,10,15,20,22H,7,9,11-14,16-18,30H2,1-2H3. The molecule has 196 valence electrons. The van der Waals surface area contributed by atoms with Gasteiger partial charge in [0.05, 0.1) is 18.8 Å². The van der Waals surface area contributed by atoms with Gasteiger partial charge in [-0.15, -0.1) is 5.92 Å². The molecule has 6 rings (SSSR count). The third-order valence-electron chi connectivity index (χ3n) is 7.64. The van der Waals surface area contributed by atoms with Gasteiger partial charge in [-0.1, -0.05) is 30.2 Å². The van der Waals surface area contributed by atoms with Gasteiger partial charge in [-0.3, -0.25) is 19.1 Å². The van der Waals surface area contributed by atoms with E-state index in [9.17, 15) is 9.59 Å². The van der Waals surface area contributed by atoms with E-state index in [1.165, 1.54) is 0 Å². The van der Waals surface area contributed by atoms with Gasteiger partial charge in [0.2, 0.25) is 5.95 Å². The Morgan fingerprint density at radius 2 is 1.89 bits per heavy atom. The minimum absolute atomic E-state index is 0.0260. The summed E-state index contributed by atoms with van der Waals surface area (Å²) in [6.45, 7) is 6.11. The Hall–Kier alpha value is -3.90. The Balaban J connectivity index is 1.59. The monoisotopic (exact) mass is 511 g/mol. The normalized spacial score (nSPS) is 17.7. The number of rotatable bonds is 6. The van der Waals surface area contributed by atoms with Crippen molar-refractivity contribution in [2.75, 3.05) is 18.0 Å². The predicted molar refractivity (Wildman–Crippen MR) is 149 cm³/mol. The SMILES string of the molecule is CC#CCn1c(N2CCCC(N)C2)nc2c(=O)n(CC3CC3)n(Cc3nc(C)cc4ccccc34)c(=O)c21. The quantitative estimate of drug-likeness (QED) is 0.399. The average molecular weight is 512 g/mol. The lowest BCUT2D eigenvalue weighted by Gasteiger charge is -2.31. The second kappa shape index (κ2) is 9.76. The maximum absolute atomic E-state index is 14.3. The zero-order valence-electron chi connectivity index (χ0n) is 22.0. The molecule has 1 unspecified atom stereocenters. The summed E-state index contributed by atoms with van der Waals surface area (Å²) in [5.41, 5.74) is 7.94. The molecule has 0 amide bonds. The molecule has 4 heterocycles. The summed E-state index contributed by atoms with van der Waals surface area (Å²) in [5.74, 6) is 7.00. The molecule has 1 saturated heterocycles. The summed E-state index contributed by atoms with van der Waals surface area (Å²) < 4.78 is 5.00. The minimum Gasteiger partial charge on any atom is -0.341 e. The van der Waals surface area contributed by atoms with E-state index in [-0.39, 0.29) is 35.8 Å². The zero-order valence-corrected chi connectivity index (χ0v) is 22.0. The minimum atomic E-state index is -0.245. The molecule has 1 aromatic carbocycles. The molecule has 1 saturated carbocycles. The molecule has 4 aromatic rings. The van der Waals surface area contributed by atoms with E-state index in [1.54, 1.807) is 16.3 Å². The van der Waals surface area contributed by atoms with Crippen molar-refractivity contribution < 1.29 is 0 Å². The van der Waals surface area contributed by atoms with Crippen molar-refractivity contribution in [2.24, 2.45) is 11.7 Å². The summed E-state index contributed by atoms with van der Waals surface area (Å²) >= 11 is 0. The lowest BCUT2D eigenvalue weighted by Crippen LogP contribution is -2.44. The van der Waals surface area contributed by atoms with Gasteiger partial charge in [-0.05, 0) is 56.9 Å². The molecule has 2 N–H and O–H groups in total. The summed E-state index contributed by atoms with van der Waals surface area (Å²) in [5, 5.41) is 2.04. The van der Waals surface area contributed by atoms with Gasteiger partial charge in [0.1, 0.15) is 5.52 Å². The Labute approximate surface area is 220 Å². The van der Waals surface area contributed by atoms with Crippen LogP contribution in [0.5, 0.6) is 0 Å². The number of benzene rings is 1. The van der Waals surface area contributed by atoms with Crippen molar-refractivity contribution in [1.82, 2.24) is 23.9 Å². The Morgan fingerprint density at radius 3 is 2.66 bits per heavy atom. The number of nitrogens with two attached hydrogens (primary N) is 1. The highest BCUT2D eigenvalue weighted by molar-refractivity contribution is 5.85. The first-order valence-electron chi connectivity index (χ1n) is 13.4. The molecular formula is C29H33N7O2. The highest BCUT2D eigenvalue weighted by atomic mass is 16.2. The van der Waals surface area contributed by atoms with Crippen LogP contribution in [0.2, 0.25) is 0 Å². The Morgan fingerprint density at radius 1 is 1.08 bits per heavy atom. The van der Waals surface area contributed by atoms with E-state index in [1.807, 2.05) is 41.8 Å². The van der Waals surface area contributed by atoms with E-state index < -0.39 is 0 Å². The highest BCUT2D eigenvalue weighted by Gasteiger charge is 2.29.